The number of carbonyl (C=O) groups excluding carboxylic acids is 1. The molecule has 0 aliphatic carbocycles. The highest BCUT2D eigenvalue weighted by Crippen LogP contribution is 2.27. The van der Waals surface area contributed by atoms with Crippen molar-refractivity contribution >= 4 is 29.4 Å². The second kappa shape index (κ2) is 3.62. The molecule has 1 rings (SSSR count). The molecular formula is C6H4ClNOS. The van der Waals surface area contributed by atoms with E-state index in [1.807, 2.05) is 11.5 Å². The summed E-state index contributed by atoms with van der Waals surface area (Å²) >= 11 is 7.06. The molecule has 1 aliphatic heterocycles. The number of nitrogens with zero attached hydrogens (tertiary/aromatic N) is 1. The Kier molecular flexibility index (Phi) is 2.75. The Morgan fingerprint density at radius 2 is 2.60 bits per heavy atom. The van der Waals surface area contributed by atoms with E-state index in [1.165, 1.54) is 17.8 Å². The van der Waals surface area contributed by atoms with Crippen molar-refractivity contribution in [1.29, 1.82) is 0 Å². The molecule has 0 amide bonds. The van der Waals surface area contributed by atoms with Crippen LogP contribution in [0, 0.1) is 0 Å². The molecule has 10 heavy (non-hydrogen) atoms. The van der Waals surface area contributed by atoms with Gasteiger partial charge in [-0.15, -0.1) is 11.8 Å². The molecule has 0 spiro atoms. The molecule has 1 aliphatic rings. The number of allylic oxidation sites excluding steroid dienone is 2. The van der Waals surface area contributed by atoms with Crippen LogP contribution in [0.5, 0.6) is 0 Å². The van der Waals surface area contributed by atoms with Crippen LogP contribution in [0.3, 0.4) is 0 Å². The first-order valence-corrected chi connectivity index (χ1v) is 3.91. The number of aliphatic imine (C=N–C) groups is 1. The fourth-order valence-corrected chi connectivity index (χ4v) is 1.44. The fourth-order valence-electron chi connectivity index (χ4n) is 0.538. The number of isocyanates is 1. The maximum absolute atomic E-state index is 9.80. The Labute approximate surface area is 67.7 Å². The maximum Gasteiger partial charge on any atom is 0.236 e. The summed E-state index contributed by atoms with van der Waals surface area (Å²) in [4.78, 5) is 13.3. The third-order valence-corrected chi connectivity index (χ3v) is 2.34. The van der Waals surface area contributed by atoms with Crippen LogP contribution in [0.15, 0.2) is 27.6 Å². The van der Waals surface area contributed by atoms with Crippen LogP contribution in [0.2, 0.25) is 0 Å². The first-order valence-electron chi connectivity index (χ1n) is 2.59. The molecule has 1 atom stereocenters. The van der Waals surface area contributed by atoms with E-state index in [-0.39, 0.29) is 5.37 Å². The predicted octanol–water partition coefficient (Wildman–Crippen LogP) is 2.03. The van der Waals surface area contributed by atoms with E-state index in [0.29, 0.717) is 5.03 Å². The molecule has 52 valence electrons. The second-order valence-electron chi connectivity index (χ2n) is 1.59. The summed E-state index contributed by atoms with van der Waals surface area (Å²) in [5.74, 6) is 0. The monoisotopic (exact) mass is 173 g/mol. The highest BCUT2D eigenvalue weighted by atomic mass is 35.5. The standard InChI is InChI=1S/C6H4ClNOS/c7-5-2-1-3-10-6(5)8-4-9/h1-3,6H. The summed E-state index contributed by atoms with van der Waals surface area (Å²) in [6, 6.07) is 0. The molecule has 4 heteroatoms. The Bertz CT molecular complexity index is 230. The summed E-state index contributed by atoms with van der Waals surface area (Å²) in [6.07, 6.45) is 4.98. The smallest absolute Gasteiger partial charge is 0.211 e. The van der Waals surface area contributed by atoms with Gasteiger partial charge in [0.2, 0.25) is 6.08 Å². The Morgan fingerprint density at radius 1 is 1.80 bits per heavy atom. The van der Waals surface area contributed by atoms with E-state index >= 15 is 0 Å². The average Bonchev–Trinajstić information content (AvgIpc) is 1.94. The molecule has 0 fully saturated rings. The number of hydrogen-bond acceptors (Lipinski definition) is 3. The predicted molar refractivity (Wildman–Crippen MR) is 42.6 cm³/mol. The van der Waals surface area contributed by atoms with Gasteiger partial charge in [0.05, 0.1) is 5.03 Å². The van der Waals surface area contributed by atoms with E-state index < -0.39 is 0 Å². The largest absolute Gasteiger partial charge is 0.236 e. The lowest BCUT2D eigenvalue weighted by Gasteiger charge is -2.07. The van der Waals surface area contributed by atoms with Crippen molar-refractivity contribution in [3.63, 3.8) is 0 Å². The van der Waals surface area contributed by atoms with Gasteiger partial charge in [-0.25, -0.2) is 4.79 Å². The third kappa shape index (κ3) is 1.74. The number of hydrogen-bond donors (Lipinski definition) is 0. The molecule has 1 heterocycles. The summed E-state index contributed by atoms with van der Waals surface area (Å²) < 4.78 is 0. The van der Waals surface area contributed by atoms with Crippen molar-refractivity contribution in [3.8, 4) is 0 Å². The number of rotatable bonds is 1. The molecule has 0 saturated carbocycles. The molecule has 0 aromatic carbocycles. The summed E-state index contributed by atoms with van der Waals surface area (Å²) in [5, 5.41) is 2.12. The van der Waals surface area contributed by atoms with E-state index in [4.69, 9.17) is 11.6 Å². The lowest BCUT2D eigenvalue weighted by Crippen LogP contribution is -1.98. The van der Waals surface area contributed by atoms with Gasteiger partial charge in [0.25, 0.3) is 0 Å². The molecule has 0 N–H and O–H groups in total. The number of thioether (sulfide) groups is 1. The molecule has 0 bridgehead atoms. The molecular weight excluding hydrogens is 170 g/mol. The van der Waals surface area contributed by atoms with E-state index in [0.717, 1.165) is 0 Å². The first-order chi connectivity index (χ1) is 4.84. The lowest BCUT2D eigenvalue weighted by molar-refractivity contribution is 0.563. The normalized spacial score (nSPS) is 23.3. The van der Waals surface area contributed by atoms with Gasteiger partial charge in [-0.05, 0) is 11.5 Å². The zero-order valence-electron chi connectivity index (χ0n) is 4.95. The van der Waals surface area contributed by atoms with Crippen molar-refractivity contribution in [1.82, 2.24) is 0 Å². The molecule has 0 radical (unpaired) electrons. The van der Waals surface area contributed by atoms with Crippen LogP contribution in [0.4, 0.5) is 0 Å². The third-order valence-electron chi connectivity index (χ3n) is 0.947. The summed E-state index contributed by atoms with van der Waals surface area (Å²) in [7, 11) is 0. The quantitative estimate of drug-likeness (QED) is 0.449. The molecule has 0 aromatic rings. The molecule has 1 unspecified atom stereocenters. The van der Waals surface area contributed by atoms with E-state index in [1.54, 1.807) is 6.08 Å². The van der Waals surface area contributed by atoms with Gasteiger partial charge in [-0.3, -0.25) is 0 Å². The maximum atomic E-state index is 9.80. The van der Waals surface area contributed by atoms with Crippen LogP contribution < -0.4 is 0 Å². The van der Waals surface area contributed by atoms with Gasteiger partial charge in [0.1, 0.15) is 5.37 Å². The van der Waals surface area contributed by atoms with E-state index in [2.05, 4.69) is 4.99 Å². The zero-order chi connectivity index (χ0) is 7.40. The Morgan fingerprint density at radius 3 is 3.20 bits per heavy atom. The minimum Gasteiger partial charge on any atom is -0.211 e. The van der Waals surface area contributed by atoms with Crippen LogP contribution in [0.1, 0.15) is 0 Å². The topological polar surface area (TPSA) is 29.4 Å². The van der Waals surface area contributed by atoms with Gasteiger partial charge in [0.15, 0.2) is 0 Å². The number of halogens is 1. The van der Waals surface area contributed by atoms with Crippen LogP contribution in [0.25, 0.3) is 0 Å². The zero-order valence-corrected chi connectivity index (χ0v) is 6.52. The van der Waals surface area contributed by atoms with E-state index in [9.17, 15) is 4.79 Å². The summed E-state index contributed by atoms with van der Waals surface area (Å²) in [6.45, 7) is 0. The fraction of sp³-hybridized carbons (Fsp3) is 0.167. The summed E-state index contributed by atoms with van der Waals surface area (Å²) in [5.41, 5.74) is 0. The SMILES string of the molecule is O=C=NC1SC=CC=C1Cl. The minimum atomic E-state index is -0.274. The van der Waals surface area contributed by atoms with Crippen LogP contribution in [-0.4, -0.2) is 11.5 Å². The van der Waals surface area contributed by atoms with Gasteiger partial charge in [-0.2, -0.15) is 4.99 Å². The van der Waals surface area contributed by atoms with Crippen LogP contribution in [-0.2, 0) is 4.79 Å². The Balaban J connectivity index is 2.73. The van der Waals surface area contributed by atoms with Crippen molar-refractivity contribution in [2.45, 2.75) is 5.37 Å². The van der Waals surface area contributed by atoms with Crippen molar-refractivity contribution in [2.24, 2.45) is 4.99 Å². The van der Waals surface area contributed by atoms with Gasteiger partial charge < -0.3 is 0 Å². The van der Waals surface area contributed by atoms with Gasteiger partial charge >= 0.3 is 0 Å². The highest BCUT2D eigenvalue weighted by molar-refractivity contribution is 8.03. The van der Waals surface area contributed by atoms with Crippen molar-refractivity contribution in [2.75, 3.05) is 0 Å². The lowest BCUT2D eigenvalue weighted by atomic mass is 10.4. The second-order valence-corrected chi connectivity index (χ2v) is 3.02. The molecule has 2 nitrogen and oxygen atoms in total. The van der Waals surface area contributed by atoms with Gasteiger partial charge in [-0.1, -0.05) is 17.7 Å². The molecule has 0 aromatic heterocycles. The van der Waals surface area contributed by atoms with Gasteiger partial charge in [0, 0.05) is 0 Å². The molecule has 0 saturated heterocycles. The van der Waals surface area contributed by atoms with Crippen molar-refractivity contribution < 1.29 is 4.79 Å². The average molecular weight is 174 g/mol. The first kappa shape index (κ1) is 7.61. The highest BCUT2D eigenvalue weighted by Gasteiger charge is 2.11. The minimum absolute atomic E-state index is 0.274. The Hall–Kier alpha value is -0.500. The van der Waals surface area contributed by atoms with Crippen LogP contribution >= 0.6 is 23.4 Å². The van der Waals surface area contributed by atoms with Crippen molar-refractivity contribution in [3.05, 3.63) is 22.6 Å².